The fraction of sp³-hybridized carbons (Fsp3) is 0.368. The van der Waals surface area contributed by atoms with Crippen molar-refractivity contribution in [1.29, 1.82) is 0 Å². The van der Waals surface area contributed by atoms with E-state index in [1.807, 2.05) is 0 Å². The normalized spacial score (nSPS) is 17.2. The van der Waals surface area contributed by atoms with E-state index in [1.165, 1.54) is 46.2 Å². The van der Waals surface area contributed by atoms with Crippen molar-refractivity contribution in [3.8, 4) is 0 Å². The molecule has 0 heterocycles. The zero-order valence-electron chi connectivity index (χ0n) is 12.7. The Morgan fingerprint density at radius 2 is 1.75 bits per heavy atom. The maximum atomic E-state index is 3.76. The van der Waals surface area contributed by atoms with Gasteiger partial charge in [0.2, 0.25) is 0 Å². The lowest BCUT2D eigenvalue weighted by atomic mass is 9.99. The Kier molecular flexibility index (Phi) is 3.62. The van der Waals surface area contributed by atoms with Crippen molar-refractivity contribution in [3.05, 3.63) is 69.8 Å². The van der Waals surface area contributed by atoms with Gasteiger partial charge in [-0.25, -0.2) is 0 Å². The Bertz CT molecular complexity index is 604. The molecule has 20 heavy (non-hydrogen) atoms. The topological polar surface area (TPSA) is 12.0 Å². The molecule has 104 valence electrons. The predicted octanol–water partition coefficient (Wildman–Crippen LogP) is 4.39. The number of hydrogen-bond donors (Lipinski definition) is 1. The Balaban J connectivity index is 1.76. The molecule has 1 aliphatic carbocycles. The van der Waals surface area contributed by atoms with Gasteiger partial charge in [0.05, 0.1) is 0 Å². The molecule has 2 aromatic rings. The van der Waals surface area contributed by atoms with Crippen LogP contribution in [0.4, 0.5) is 0 Å². The van der Waals surface area contributed by atoms with Crippen LogP contribution in [0, 0.1) is 20.8 Å². The van der Waals surface area contributed by atoms with Gasteiger partial charge in [0.25, 0.3) is 0 Å². The van der Waals surface area contributed by atoms with Gasteiger partial charge in [-0.15, -0.1) is 0 Å². The second-order valence-electron chi connectivity index (χ2n) is 6.05. The summed E-state index contributed by atoms with van der Waals surface area (Å²) in [5.41, 5.74) is 8.63. The lowest BCUT2D eigenvalue weighted by Gasteiger charge is -2.17. The predicted molar refractivity (Wildman–Crippen MR) is 85.0 cm³/mol. The summed E-state index contributed by atoms with van der Waals surface area (Å²) in [7, 11) is 0. The Morgan fingerprint density at radius 1 is 1.05 bits per heavy atom. The minimum absolute atomic E-state index is 0.520. The first-order chi connectivity index (χ1) is 9.65. The number of fused-ring (bicyclic) bond motifs is 1. The second kappa shape index (κ2) is 5.41. The number of aryl methyl sites for hydroxylation is 4. The van der Waals surface area contributed by atoms with Crippen molar-refractivity contribution in [3.63, 3.8) is 0 Å². The second-order valence-corrected chi connectivity index (χ2v) is 6.05. The van der Waals surface area contributed by atoms with Crippen LogP contribution in [0.15, 0.2) is 36.4 Å². The van der Waals surface area contributed by atoms with Gasteiger partial charge in [-0.05, 0) is 61.4 Å². The molecule has 0 fully saturated rings. The highest BCUT2D eigenvalue weighted by Gasteiger charge is 2.21. The summed E-state index contributed by atoms with van der Waals surface area (Å²) in [5, 5.41) is 3.76. The summed E-state index contributed by atoms with van der Waals surface area (Å²) < 4.78 is 0. The van der Waals surface area contributed by atoms with Crippen molar-refractivity contribution in [2.24, 2.45) is 0 Å². The zero-order valence-corrected chi connectivity index (χ0v) is 12.7. The average molecular weight is 265 g/mol. The van der Waals surface area contributed by atoms with E-state index in [2.05, 4.69) is 62.5 Å². The molecule has 0 spiro atoms. The molecular formula is C19H23N. The molecule has 0 saturated carbocycles. The number of rotatable bonds is 3. The van der Waals surface area contributed by atoms with Crippen molar-refractivity contribution >= 4 is 0 Å². The van der Waals surface area contributed by atoms with E-state index in [9.17, 15) is 0 Å². The van der Waals surface area contributed by atoms with Crippen LogP contribution < -0.4 is 5.32 Å². The average Bonchev–Trinajstić information content (AvgIpc) is 2.81. The van der Waals surface area contributed by atoms with Crippen LogP contribution in [0.3, 0.4) is 0 Å². The van der Waals surface area contributed by atoms with Crippen molar-refractivity contribution in [2.75, 3.05) is 0 Å². The molecule has 0 amide bonds. The highest BCUT2D eigenvalue weighted by molar-refractivity contribution is 5.38. The van der Waals surface area contributed by atoms with E-state index in [0.29, 0.717) is 6.04 Å². The summed E-state index contributed by atoms with van der Waals surface area (Å²) in [5.74, 6) is 0. The van der Waals surface area contributed by atoms with Gasteiger partial charge in [0, 0.05) is 12.6 Å². The van der Waals surface area contributed by atoms with Crippen LogP contribution in [0.2, 0.25) is 0 Å². The van der Waals surface area contributed by atoms with Gasteiger partial charge in [0.1, 0.15) is 0 Å². The van der Waals surface area contributed by atoms with Crippen LogP contribution in [-0.2, 0) is 13.0 Å². The third-order valence-corrected chi connectivity index (χ3v) is 4.50. The van der Waals surface area contributed by atoms with Crippen LogP contribution >= 0.6 is 0 Å². The van der Waals surface area contributed by atoms with Crippen molar-refractivity contribution in [2.45, 2.75) is 46.2 Å². The zero-order chi connectivity index (χ0) is 14.1. The van der Waals surface area contributed by atoms with Crippen LogP contribution in [0.25, 0.3) is 0 Å². The molecule has 3 rings (SSSR count). The van der Waals surface area contributed by atoms with Crippen LogP contribution in [0.1, 0.15) is 45.8 Å². The largest absolute Gasteiger partial charge is 0.306 e. The molecule has 1 N–H and O–H groups in total. The minimum Gasteiger partial charge on any atom is -0.306 e. The maximum absolute atomic E-state index is 3.76. The Hall–Kier alpha value is -1.60. The van der Waals surface area contributed by atoms with Gasteiger partial charge in [-0.2, -0.15) is 0 Å². The summed E-state index contributed by atoms with van der Waals surface area (Å²) in [6, 6.07) is 13.9. The van der Waals surface area contributed by atoms with Gasteiger partial charge < -0.3 is 5.32 Å². The lowest BCUT2D eigenvalue weighted by molar-refractivity contribution is 0.528. The molecule has 0 aromatic heterocycles. The Labute approximate surface area is 122 Å². The first-order valence-corrected chi connectivity index (χ1v) is 7.53. The highest BCUT2D eigenvalue weighted by atomic mass is 14.9. The summed E-state index contributed by atoms with van der Waals surface area (Å²) >= 11 is 0. The minimum atomic E-state index is 0.520. The molecule has 1 aliphatic rings. The first kappa shape index (κ1) is 13.4. The summed E-state index contributed by atoms with van der Waals surface area (Å²) in [6.07, 6.45) is 2.43. The van der Waals surface area contributed by atoms with Crippen LogP contribution in [0.5, 0.6) is 0 Å². The molecule has 1 nitrogen and oxygen atoms in total. The molecule has 0 saturated heterocycles. The van der Waals surface area contributed by atoms with Gasteiger partial charge in [-0.3, -0.25) is 0 Å². The molecule has 1 atom stereocenters. The van der Waals surface area contributed by atoms with E-state index in [1.54, 1.807) is 0 Å². The fourth-order valence-electron chi connectivity index (χ4n) is 3.48. The summed E-state index contributed by atoms with van der Waals surface area (Å²) in [6.45, 7) is 7.58. The van der Waals surface area contributed by atoms with E-state index >= 15 is 0 Å². The Morgan fingerprint density at radius 3 is 2.50 bits per heavy atom. The first-order valence-electron chi connectivity index (χ1n) is 7.53. The van der Waals surface area contributed by atoms with Crippen LogP contribution in [-0.4, -0.2) is 0 Å². The quantitative estimate of drug-likeness (QED) is 0.868. The molecule has 0 bridgehead atoms. The van der Waals surface area contributed by atoms with E-state index < -0.39 is 0 Å². The lowest BCUT2D eigenvalue weighted by Crippen LogP contribution is -2.19. The molecule has 0 radical (unpaired) electrons. The van der Waals surface area contributed by atoms with Crippen molar-refractivity contribution < 1.29 is 0 Å². The monoisotopic (exact) mass is 265 g/mol. The number of nitrogens with one attached hydrogen (secondary N) is 1. The van der Waals surface area contributed by atoms with E-state index in [0.717, 1.165) is 6.54 Å². The molecule has 2 aromatic carbocycles. The highest BCUT2D eigenvalue weighted by Crippen LogP contribution is 2.31. The standard InChI is InChI=1S/C19H23N/c1-13-10-14(2)18(15(3)11-13)12-20-19-9-8-16-6-4-5-7-17(16)19/h4-7,10-11,19-20H,8-9,12H2,1-3H3. The third kappa shape index (κ3) is 2.51. The molecule has 1 heteroatoms. The number of hydrogen-bond acceptors (Lipinski definition) is 1. The van der Waals surface area contributed by atoms with E-state index in [-0.39, 0.29) is 0 Å². The van der Waals surface area contributed by atoms with Gasteiger partial charge >= 0.3 is 0 Å². The number of benzene rings is 2. The molecular weight excluding hydrogens is 242 g/mol. The van der Waals surface area contributed by atoms with Crippen molar-refractivity contribution in [1.82, 2.24) is 5.32 Å². The smallest absolute Gasteiger partial charge is 0.0329 e. The third-order valence-electron chi connectivity index (χ3n) is 4.50. The fourth-order valence-corrected chi connectivity index (χ4v) is 3.48. The van der Waals surface area contributed by atoms with Gasteiger partial charge in [0.15, 0.2) is 0 Å². The molecule has 1 unspecified atom stereocenters. The van der Waals surface area contributed by atoms with Gasteiger partial charge in [-0.1, -0.05) is 42.0 Å². The molecule has 0 aliphatic heterocycles. The van der Waals surface area contributed by atoms with E-state index in [4.69, 9.17) is 0 Å². The summed E-state index contributed by atoms with van der Waals surface area (Å²) in [4.78, 5) is 0. The SMILES string of the molecule is Cc1cc(C)c(CNC2CCc3ccccc32)c(C)c1. The maximum Gasteiger partial charge on any atom is 0.0329 e.